The molecule has 0 spiro atoms. The van der Waals surface area contributed by atoms with Crippen molar-refractivity contribution in [3.8, 4) is 11.3 Å². The average molecular weight is 351 g/mol. The molecule has 2 aromatic heterocycles. The van der Waals surface area contributed by atoms with Crippen LogP contribution >= 0.6 is 11.3 Å². The number of para-hydroxylation sites is 1. The van der Waals surface area contributed by atoms with Crippen LogP contribution in [0.5, 0.6) is 0 Å². The highest BCUT2D eigenvalue weighted by atomic mass is 32.1. The van der Waals surface area contributed by atoms with E-state index in [1.165, 1.54) is 0 Å². The van der Waals surface area contributed by atoms with Gasteiger partial charge in [0, 0.05) is 23.3 Å². The first-order valence-electron chi connectivity index (χ1n) is 8.21. The van der Waals surface area contributed by atoms with Crippen molar-refractivity contribution in [3.63, 3.8) is 0 Å². The summed E-state index contributed by atoms with van der Waals surface area (Å²) in [5.74, 6) is 0. The van der Waals surface area contributed by atoms with E-state index in [0.717, 1.165) is 39.2 Å². The Bertz CT molecular complexity index is 1010. The van der Waals surface area contributed by atoms with E-state index < -0.39 is 0 Å². The number of pyridine rings is 1. The lowest BCUT2D eigenvalue weighted by atomic mass is 10.0. The largest absolute Gasteiger partial charge is 0.394 e. The van der Waals surface area contributed by atoms with Crippen LogP contribution in [0.3, 0.4) is 0 Å². The highest BCUT2D eigenvalue weighted by Gasteiger charge is 2.15. The van der Waals surface area contributed by atoms with Gasteiger partial charge in [-0.3, -0.25) is 4.79 Å². The maximum atomic E-state index is 12.6. The minimum Gasteiger partial charge on any atom is -0.394 e. The Balaban J connectivity index is 2.04. The Hall–Kier alpha value is -2.66. The molecule has 0 saturated carbocycles. The fourth-order valence-electron chi connectivity index (χ4n) is 2.89. The second-order valence-electron chi connectivity index (χ2n) is 5.75. The number of H-pyrrole nitrogens is 1. The summed E-state index contributed by atoms with van der Waals surface area (Å²) in [5, 5.41) is 6.96. The van der Waals surface area contributed by atoms with Crippen molar-refractivity contribution in [3.05, 3.63) is 68.9 Å². The number of benzene rings is 1. The van der Waals surface area contributed by atoms with E-state index in [1.54, 1.807) is 11.3 Å². The van der Waals surface area contributed by atoms with E-state index in [9.17, 15) is 4.79 Å². The van der Waals surface area contributed by atoms with Gasteiger partial charge in [0.15, 0.2) is 0 Å². The number of hydrogen-bond donors (Lipinski definition) is 2. The Morgan fingerprint density at radius 2 is 2.16 bits per heavy atom. The monoisotopic (exact) mass is 351 g/mol. The molecule has 3 aromatic rings. The summed E-state index contributed by atoms with van der Waals surface area (Å²) in [6, 6.07) is 7.86. The quantitative estimate of drug-likeness (QED) is 0.712. The number of rotatable bonds is 5. The van der Waals surface area contributed by atoms with Crippen LogP contribution in [0.1, 0.15) is 23.9 Å². The van der Waals surface area contributed by atoms with Gasteiger partial charge in [-0.15, -0.1) is 11.3 Å². The SMILES string of the molecule is C/C=C(\C/C=C\NC)c1nc(-c2c(C)c3ccccc3[nH]c2=O)cs1. The Kier molecular flexibility index (Phi) is 5.14. The second kappa shape index (κ2) is 7.49. The summed E-state index contributed by atoms with van der Waals surface area (Å²) < 4.78 is 0. The van der Waals surface area contributed by atoms with E-state index in [0.29, 0.717) is 5.56 Å². The smallest absolute Gasteiger partial charge is 0.258 e. The van der Waals surface area contributed by atoms with Crippen LogP contribution in [0.25, 0.3) is 27.7 Å². The van der Waals surface area contributed by atoms with Crippen LogP contribution in [0.2, 0.25) is 0 Å². The fraction of sp³-hybridized carbons (Fsp3) is 0.200. The molecule has 0 atom stereocenters. The lowest BCUT2D eigenvalue weighted by Gasteiger charge is -2.06. The van der Waals surface area contributed by atoms with Crippen LogP contribution in [0, 0.1) is 6.92 Å². The van der Waals surface area contributed by atoms with Crippen molar-refractivity contribution >= 4 is 27.8 Å². The van der Waals surface area contributed by atoms with Gasteiger partial charge >= 0.3 is 0 Å². The molecule has 0 aliphatic heterocycles. The molecule has 0 fully saturated rings. The van der Waals surface area contributed by atoms with Crippen LogP contribution in [-0.4, -0.2) is 17.0 Å². The number of fused-ring (bicyclic) bond motifs is 1. The number of nitrogens with one attached hydrogen (secondary N) is 2. The maximum Gasteiger partial charge on any atom is 0.258 e. The molecular weight excluding hydrogens is 330 g/mol. The van der Waals surface area contributed by atoms with E-state index in [1.807, 2.05) is 56.7 Å². The number of aromatic nitrogens is 2. The number of aryl methyl sites for hydroxylation is 1. The lowest BCUT2D eigenvalue weighted by molar-refractivity contribution is 1.09. The second-order valence-corrected chi connectivity index (χ2v) is 6.60. The molecule has 2 N–H and O–H groups in total. The van der Waals surface area contributed by atoms with Crippen LogP contribution in [-0.2, 0) is 0 Å². The van der Waals surface area contributed by atoms with E-state index in [2.05, 4.69) is 22.5 Å². The van der Waals surface area contributed by atoms with Crippen molar-refractivity contribution in [1.82, 2.24) is 15.3 Å². The molecule has 2 heterocycles. The van der Waals surface area contributed by atoms with Crippen molar-refractivity contribution < 1.29 is 0 Å². The summed E-state index contributed by atoms with van der Waals surface area (Å²) in [5.41, 5.74) is 4.27. The predicted octanol–water partition coefficient (Wildman–Crippen LogP) is 4.49. The van der Waals surface area contributed by atoms with Gasteiger partial charge in [0.05, 0.1) is 11.3 Å². The standard InChI is InChI=1S/C20H21N3OS/c1-4-14(8-7-11-21-3)20-23-17(12-25-20)18-13(2)15-9-5-6-10-16(15)22-19(18)24/h4-7,9-12,21H,8H2,1-3H3,(H,22,24)/b11-7-,14-4+. The number of hydrogen-bond acceptors (Lipinski definition) is 4. The number of thiazole rings is 1. The molecule has 3 rings (SSSR count). The van der Waals surface area contributed by atoms with Gasteiger partial charge in [0.1, 0.15) is 5.01 Å². The summed E-state index contributed by atoms with van der Waals surface area (Å²) in [7, 11) is 1.88. The highest BCUT2D eigenvalue weighted by Crippen LogP contribution is 2.30. The zero-order valence-corrected chi connectivity index (χ0v) is 15.4. The molecule has 25 heavy (non-hydrogen) atoms. The van der Waals surface area contributed by atoms with Gasteiger partial charge in [-0.1, -0.05) is 30.4 Å². The molecular formula is C20H21N3OS. The minimum absolute atomic E-state index is 0.0924. The van der Waals surface area contributed by atoms with Crippen LogP contribution in [0.15, 0.2) is 52.8 Å². The first-order chi connectivity index (χ1) is 12.2. The van der Waals surface area contributed by atoms with Crippen LogP contribution in [0.4, 0.5) is 0 Å². The minimum atomic E-state index is -0.0924. The lowest BCUT2D eigenvalue weighted by Crippen LogP contribution is -2.11. The highest BCUT2D eigenvalue weighted by molar-refractivity contribution is 7.11. The first-order valence-corrected chi connectivity index (χ1v) is 9.09. The van der Waals surface area contributed by atoms with Crippen molar-refractivity contribution in [2.45, 2.75) is 20.3 Å². The summed E-state index contributed by atoms with van der Waals surface area (Å²) >= 11 is 1.57. The third kappa shape index (κ3) is 3.42. The van der Waals surface area contributed by atoms with Crippen molar-refractivity contribution in [1.29, 1.82) is 0 Å². The topological polar surface area (TPSA) is 57.8 Å². The Morgan fingerprint density at radius 1 is 1.36 bits per heavy atom. The van der Waals surface area contributed by atoms with Gasteiger partial charge in [-0.2, -0.15) is 0 Å². The van der Waals surface area contributed by atoms with Gasteiger partial charge < -0.3 is 10.3 Å². The molecule has 1 aromatic carbocycles. The Morgan fingerprint density at radius 3 is 2.92 bits per heavy atom. The molecule has 4 nitrogen and oxygen atoms in total. The fourth-order valence-corrected chi connectivity index (χ4v) is 3.78. The normalized spacial score (nSPS) is 12.2. The zero-order chi connectivity index (χ0) is 17.8. The Labute approximate surface area is 151 Å². The van der Waals surface area contributed by atoms with Crippen molar-refractivity contribution in [2.75, 3.05) is 7.05 Å². The molecule has 0 aliphatic carbocycles. The number of allylic oxidation sites excluding steroid dienone is 3. The zero-order valence-electron chi connectivity index (χ0n) is 14.6. The van der Waals surface area contributed by atoms with Gasteiger partial charge in [-0.05, 0) is 43.7 Å². The van der Waals surface area contributed by atoms with E-state index in [4.69, 9.17) is 4.98 Å². The molecule has 128 valence electrons. The maximum absolute atomic E-state index is 12.6. The van der Waals surface area contributed by atoms with E-state index >= 15 is 0 Å². The molecule has 0 unspecified atom stereocenters. The summed E-state index contributed by atoms with van der Waals surface area (Å²) in [6.07, 6.45) is 6.85. The molecule has 0 bridgehead atoms. The third-order valence-corrected chi connectivity index (χ3v) is 5.10. The molecule has 0 amide bonds. The van der Waals surface area contributed by atoms with Gasteiger partial charge in [0.25, 0.3) is 5.56 Å². The molecule has 0 radical (unpaired) electrons. The summed E-state index contributed by atoms with van der Waals surface area (Å²) in [6.45, 7) is 4.00. The first kappa shape index (κ1) is 17.2. The van der Waals surface area contributed by atoms with Gasteiger partial charge in [0.2, 0.25) is 0 Å². The van der Waals surface area contributed by atoms with Gasteiger partial charge in [-0.25, -0.2) is 4.98 Å². The molecule has 0 aliphatic rings. The van der Waals surface area contributed by atoms with E-state index in [-0.39, 0.29) is 5.56 Å². The average Bonchev–Trinajstić information content (AvgIpc) is 3.08. The molecule has 5 heteroatoms. The number of nitrogens with zero attached hydrogens (tertiary/aromatic N) is 1. The van der Waals surface area contributed by atoms with Crippen LogP contribution < -0.4 is 10.9 Å². The number of aromatic amines is 1. The predicted molar refractivity (Wildman–Crippen MR) is 107 cm³/mol. The van der Waals surface area contributed by atoms with Crippen molar-refractivity contribution in [2.24, 2.45) is 0 Å². The molecule has 0 saturated heterocycles. The third-order valence-electron chi connectivity index (χ3n) is 4.19. The summed E-state index contributed by atoms with van der Waals surface area (Å²) in [4.78, 5) is 20.3.